The van der Waals surface area contributed by atoms with E-state index in [0.29, 0.717) is 35.3 Å². The van der Waals surface area contributed by atoms with E-state index in [-0.39, 0.29) is 17.9 Å². The van der Waals surface area contributed by atoms with Crippen molar-refractivity contribution in [2.75, 3.05) is 0 Å². The molecule has 1 heterocycles. The van der Waals surface area contributed by atoms with Crippen molar-refractivity contribution in [1.29, 1.82) is 0 Å². The van der Waals surface area contributed by atoms with Crippen LogP contribution in [0.3, 0.4) is 0 Å². The van der Waals surface area contributed by atoms with Crippen molar-refractivity contribution in [2.24, 2.45) is 0 Å². The molecule has 1 fully saturated rings. The molecule has 1 aliphatic carbocycles. The fourth-order valence-electron chi connectivity index (χ4n) is 4.10. The maximum Gasteiger partial charge on any atom is 0.249 e. The molecule has 6 heteroatoms. The summed E-state index contributed by atoms with van der Waals surface area (Å²) in [5.41, 5.74) is 2.95. The van der Waals surface area contributed by atoms with Crippen LogP contribution in [0, 0.1) is 0 Å². The largest absolute Gasteiger partial charge is 0.419 e. The van der Waals surface area contributed by atoms with E-state index < -0.39 is 0 Å². The maximum atomic E-state index is 13.5. The van der Waals surface area contributed by atoms with E-state index in [9.17, 15) is 4.79 Å². The van der Waals surface area contributed by atoms with Crippen LogP contribution in [0.1, 0.15) is 42.2 Å². The minimum absolute atomic E-state index is 0.0116. The first-order chi connectivity index (χ1) is 16.2. The molecule has 0 N–H and O–H groups in total. The number of rotatable bonds is 8. The molecule has 0 radical (unpaired) electrons. The molecule has 4 aromatic rings. The molecule has 5 nitrogen and oxygen atoms in total. The lowest BCUT2D eigenvalue weighted by molar-refractivity contribution is -0.133. The van der Waals surface area contributed by atoms with Crippen LogP contribution >= 0.6 is 11.6 Å². The number of benzene rings is 3. The average molecular weight is 458 g/mol. The van der Waals surface area contributed by atoms with Crippen LogP contribution in [0.5, 0.6) is 0 Å². The third-order valence-electron chi connectivity index (χ3n) is 5.97. The van der Waals surface area contributed by atoms with Gasteiger partial charge in [0.1, 0.15) is 0 Å². The molecule has 0 bridgehead atoms. The van der Waals surface area contributed by atoms with Crippen molar-refractivity contribution >= 4 is 17.5 Å². The predicted molar refractivity (Wildman–Crippen MR) is 128 cm³/mol. The van der Waals surface area contributed by atoms with Crippen molar-refractivity contribution < 1.29 is 9.21 Å². The summed E-state index contributed by atoms with van der Waals surface area (Å²) in [5, 5.41) is 8.90. The Labute approximate surface area is 198 Å². The van der Waals surface area contributed by atoms with Gasteiger partial charge in [0, 0.05) is 18.4 Å². The van der Waals surface area contributed by atoms with Gasteiger partial charge < -0.3 is 9.32 Å². The van der Waals surface area contributed by atoms with Crippen molar-refractivity contribution in [3.8, 4) is 11.5 Å². The molecule has 33 heavy (non-hydrogen) atoms. The second-order valence-electron chi connectivity index (χ2n) is 8.31. The molecule has 0 unspecified atom stereocenters. The van der Waals surface area contributed by atoms with E-state index >= 15 is 0 Å². The number of hydrogen-bond donors (Lipinski definition) is 0. The molecule has 5 rings (SSSR count). The van der Waals surface area contributed by atoms with Crippen molar-refractivity contribution in [3.05, 3.63) is 107 Å². The second kappa shape index (κ2) is 9.59. The Kier molecular flexibility index (Phi) is 6.22. The third kappa shape index (κ3) is 4.99. The molecule has 1 saturated carbocycles. The van der Waals surface area contributed by atoms with Crippen LogP contribution in [0.25, 0.3) is 11.5 Å². The van der Waals surface area contributed by atoms with Crippen LogP contribution < -0.4 is 0 Å². The molecule has 1 amide bonds. The van der Waals surface area contributed by atoms with Gasteiger partial charge in [0.15, 0.2) is 0 Å². The van der Waals surface area contributed by atoms with Gasteiger partial charge in [0.2, 0.25) is 17.7 Å². The first kappa shape index (κ1) is 21.4. The number of carbonyl (C=O) groups is 1. The summed E-state index contributed by atoms with van der Waals surface area (Å²) < 4.78 is 5.88. The molecule has 1 aliphatic rings. The van der Waals surface area contributed by atoms with Gasteiger partial charge in [-0.1, -0.05) is 84.4 Å². The van der Waals surface area contributed by atoms with Crippen molar-refractivity contribution in [2.45, 2.75) is 37.8 Å². The highest BCUT2D eigenvalue weighted by Crippen LogP contribution is 2.34. The van der Waals surface area contributed by atoms with Gasteiger partial charge in [-0.25, -0.2) is 0 Å². The monoisotopic (exact) mass is 457 g/mol. The van der Waals surface area contributed by atoms with E-state index in [1.165, 1.54) is 0 Å². The normalized spacial score (nSPS) is 13.3. The zero-order valence-electron chi connectivity index (χ0n) is 18.1. The van der Waals surface area contributed by atoms with Crippen LogP contribution in [-0.2, 0) is 11.3 Å². The van der Waals surface area contributed by atoms with Gasteiger partial charge >= 0.3 is 0 Å². The summed E-state index contributed by atoms with van der Waals surface area (Å²) in [4.78, 5) is 15.4. The van der Waals surface area contributed by atoms with Crippen molar-refractivity contribution in [3.63, 3.8) is 0 Å². The van der Waals surface area contributed by atoms with Gasteiger partial charge in [-0.3, -0.25) is 4.79 Å². The first-order valence-corrected chi connectivity index (χ1v) is 11.5. The Hall–Kier alpha value is -3.44. The predicted octanol–water partition coefficient (Wildman–Crippen LogP) is 6.10. The molecular formula is C27H24ClN3O2. The number of halogens is 1. The fourth-order valence-corrected chi connectivity index (χ4v) is 4.32. The molecule has 0 aliphatic heterocycles. The third-order valence-corrected chi connectivity index (χ3v) is 6.30. The highest BCUT2D eigenvalue weighted by atomic mass is 35.5. The minimum Gasteiger partial charge on any atom is -0.419 e. The molecule has 1 aromatic heterocycles. The Balaban J connectivity index is 1.36. The van der Waals surface area contributed by atoms with E-state index in [1.54, 1.807) is 6.07 Å². The lowest BCUT2D eigenvalue weighted by atomic mass is 9.88. The SMILES string of the molecule is O=C(CC(c1ccccc1)c1ccccc1)N(Cc1nnc(-c2ccccc2Cl)o1)C1CC1. The Bertz CT molecular complexity index is 1180. The minimum atomic E-state index is -0.0116. The number of amides is 1. The quantitative estimate of drug-likeness (QED) is 0.320. The van der Waals surface area contributed by atoms with Gasteiger partial charge in [0.25, 0.3) is 0 Å². The number of hydrogen-bond acceptors (Lipinski definition) is 4. The summed E-state index contributed by atoms with van der Waals surface area (Å²) >= 11 is 6.27. The summed E-state index contributed by atoms with van der Waals surface area (Å²) in [6.45, 7) is 0.303. The van der Waals surface area contributed by atoms with Gasteiger partial charge in [-0.15, -0.1) is 10.2 Å². The van der Waals surface area contributed by atoms with Gasteiger partial charge in [-0.05, 0) is 36.1 Å². The van der Waals surface area contributed by atoms with E-state index in [2.05, 4.69) is 34.5 Å². The Morgan fingerprint density at radius 1 is 0.909 bits per heavy atom. The van der Waals surface area contributed by atoms with Gasteiger partial charge in [-0.2, -0.15) is 0 Å². The maximum absolute atomic E-state index is 13.5. The highest BCUT2D eigenvalue weighted by molar-refractivity contribution is 6.33. The van der Waals surface area contributed by atoms with Crippen LogP contribution in [0.15, 0.2) is 89.3 Å². The second-order valence-corrected chi connectivity index (χ2v) is 8.72. The summed E-state index contributed by atoms with van der Waals surface area (Å²) in [5.74, 6) is 0.863. The lowest BCUT2D eigenvalue weighted by Crippen LogP contribution is -2.33. The molecule has 0 atom stereocenters. The van der Waals surface area contributed by atoms with E-state index in [0.717, 1.165) is 24.0 Å². The van der Waals surface area contributed by atoms with Gasteiger partial charge in [0.05, 0.1) is 17.1 Å². The first-order valence-electron chi connectivity index (χ1n) is 11.2. The van der Waals surface area contributed by atoms with Crippen LogP contribution in [0.4, 0.5) is 0 Å². The molecule has 166 valence electrons. The molecule has 3 aromatic carbocycles. The Morgan fingerprint density at radius 2 is 1.52 bits per heavy atom. The average Bonchev–Trinajstić information content (AvgIpc) is 3.60. The lowest BCUT2D eigenvalue weighted by Gasteiger charge is -2.24. The molecular weight excluding hydrogens is 434 g/mol. The summed E-state index contributed by atoms with van der Waals surface area (Å²) in [7, 11) is 0. The van der Waals surface area contributed by atoms with E-state index in [4.69, 9.17) is 16.0 Å². The van der Waals surface area contributed by atoms with Crippen molar-refractivity contribution in [1.82, 2.24) is 15.1 Å². The summed E-state index contributed by atoms with van der Waals surface area (Å²) in [6, 6.07) is 28.0. The highest BCUT2D eigenvalue weighted by Gasteiger charge is 2.35. The fraction of sp³-hybridized carbons (Fsp3) is 0.222. The van der Waals surface area contributed by atoms with Crippen LogP contribution in [0.2, 0.25) is 5.02 Å². The van der Waals surface area contributed by atoms with E-state index in [1.807, 2.05) is 59.5 Å². The smallest absolute Gasteiger partial charge is 0.249 e. The number of aromatic nitrogens is 2. The zero-order valence-corrected chi connectivity index (χ0v) is 18.9. The van der Waals surface area contributed by atoms with Crippen LogP contribution in [-0.4, -0.2) is 27.0 Å². The number of nitrogens with zero attached hydrogens (tertiary/aromatic N) is 3. The summed E-state index contributed by atoms with van der Waals surface area (Å²) in [6.07, 6.45) is 2.38. The Morgan fingerprint density at radius 3 is 2.12 bits per heavy atom. The molecule has 0 saturated heterocycles. The number of carbonyl (C=O) groups excluding carboxylic acids is 1. The molecule has 0 spiro atoms. The standard InChI is InChI=1S/C27H24ClN3O2/c28-24-14-8-7-13-22(24)27-30-29-25(33-27)18-31(21-15-16-21)26(32)17-23(19-9-3-1-4-10-19)20-11-5-2-6-12-20/h1-14,21,23H,15-18H2. The topological polar surface area (TPSA) is 59.2 Å². The zero-order chi connectivity index (χ0) is 22.6.